The third kappa shape index (κ3) is 3.69. The molecule has 1 aliphatic heterocycles. The summed E-state index contributed by atoms with van der Waals surface area (Å²) in [5.41, 5.74) is -0.421. The minimum Gasteiger partial charge on any atom is -0.480 e. The van der Waals surface area contributed by atoms with E-state index < -0.39 is 17.4 Å². The van der Waals surface area contributed by atoms with Crippen molar-refractivity contribution in [3.8, 4) is 0 Å². The normalized spacial score (nSPS) is 25.8. The highest BCUT2D eigenvalue weighted by Crippen LogP contribution is 2.31. The number of carboxylic acid groups (broad SMARTS) is 1. The molecular formula is C14H26N2O3. The van der Waals surface area contributed by atoms with Crippen molar-refractivity contribution in [1.29, 1.82) is 0 Å². The zero-order chi connectivity index (χ0) is 14.5. The molecule has 0 radical (unpaired) electrons. The number of amides is 1. The van der Waals surface area contributed by atoms with Crippen LogP contribution in [0.3, 0.4) is 0 Å². The van der Waals surface area contributed by atoms with Crippen molar-refractivity contribution < 1.29 is 14.7 Å². The summed E-state index contributed by atoms with van der Waals surface area (Å²) in [6.07, 6.45) is 3.25. The molecule has 0 aromatic heterocycles. The predicted octanol–water partition coefficient (Wildman–Crippen LogP) is 1.38. The Balaban J connectivity index is 2.77. The second-order valence-corrected chi connectivity index (χ2v) is 5.63. The molecule has 1 amide bonds. The van der Waals surface area contributed by atoms with E-state index >= 15 is 0 Å². The number of nitrogens with one attached hydrogen (secondary N) is 2. The molecule has 0 aliphatic carbocycles. The first-order chi connectivity index (χ1) is 8.96. The van der Waals surface area contributed by atoms with E-state index in [1.165, 1.54) is 0 Å². The van der Waals surface area contributed by atoms with E-state index in [0.29, 0.717) is 6.54 Å². The molecule has 1 heterocycles. The van der Waals surface area contributed by atoms with Gasteiger partial charge >= 0.3 is 5.97 Å². The van der Waals surface area contributed by atoms with Gasteiger partial charge < -0.3 is 15.7 Å². The van der Waals surface area contributed by atoms with Crippen LogP contribution >= 0.6 is 0 Å². The summed E-state index contributed by atoms with van der Waals surface area (Å²) in [5.74, 6) is -1.11. The minimum atomic E-state index is -0.944. The molecule has 1 aliphatic rings. The van der Waals surface area contributed by atoms with Gasteiger partial charge in [0.1, 0.15) is 6.04 Å². The van der Waals surface area contributed by atoms with Crippen LogP contribution in [0.1, 0.15) is 46.5 Å². The third-order valence-corrected chi connectivity index (χ3v) is 4.22. The van der Waals surface area contributed by atoms with Crippen molar-refractivity contribution in [2.45, 2.75) is 52.5 Å². The lowest BCUT2D eigenvalue weighted by atomic mass is 9.81. The number of rotatable bonds is 7. The zero-order valence-corrected chi connectivity index (χ0v) is 12.2. The van der Waals surface area contributed by atoms with E-state index in [1.807, 2.05) is 13.8 Å². The first kappa shape index (κ1) is 16.0. The summed E-state index contributed by atoms with van der Waals surface area (Å²) < 4.78 is 0. The van der Waals surface area contributed by atoms with E-state index in [2.05, 4.69) is 17.6 Å². The molecule has 1 fully saturated rings. The predicted molar refractivity (Wildman–Crippen MR) is 73.8 cm³/mol. The second-order valence-electron chi connectivity index (χ2n) is 5.63. The summed E-state index contributed by atoms with van der Waals surface area (Å²) in [6, 6.07) is -0.785. The molecule has 19 heavy (non-hydrogen) atoms. The van der Waals surface area contributed by atoms with Crippen LogP contribution in [-0.2, 0) is 9.59 Å². The van der Waals surface area contributed by atoms with Gasteiger partial charge in [0.05, 0.1) is 5.41 Å². The Morgan fingerprint density at radius 3 is 2.53 bits per heavy atom. The Labute approximate surface area is 115 Å². The fraction of sp³-hybridized carbons (Fsp3) is 0.857. The van der Waals surface area contributed by atoms with Gasteiger partial charge in [-0.2, -0.15) is 0 Å². The van der Waals surface area contributed by atoms with Crippen LogP contribution in [0.25, 0.3) is 0 Å². The molecule has 0 saturated carbocycles. The maximum absolute atomic E-state index is 12.5. The van der Waals surface area contributed by atoms with Gasteiger partial charge in [-0.25, -0.2) is 4.79 Å². The van der Waals surface area contributed by atoms with Crippen molar-refractivity contribution in [2.24, 2.45) is 11.3 Å². The molecule has 1 unspecified atom stereocenters. The number of carbonyl (C=O) groups is 2. The first-order valence-electron chi connectivity index (χ1n) is 7.21. The first-order valence-corrected chi connectivity index (χ1v) is 7.21. The zero-order valence-electron chi connectivity index (χ0n) is 12.2. The van der Waals surface area contributed by atoms with E-state index in [1.54, 1.807) is 0 Å². The number of carboxylic acids is 1. The maximum Gasteiger partial charge on any atom is 0.326 e. The highest BCUT2D eigenvalue weighted by molar-refractivity contribution is 5.88. The lowest BCUT2D eigenvalue weighted by Crippen LogP contribution is -2.51. The fourth-order valence-electron chi connectivity index (χ4n) is 2.72. The van der Waals surface area contributed by atoms with Gasteiger partial charge in [0.25, 0.3) is 0 Å². The fourth-order valence-corrected chi connectivity index (χ4v) is 2.72. The van der Waals surface area contributed by atoms with Crippen molar-refractivity contribution in [3.05, 3.63) is 0 Å². The van der Waals surface area contributed by atoms with E-state index in [4.69, 9.17) is 0 Å². The van der Waals surface area contributed by atoms with E-state index in [9.17, 15) is 14.7 Å². The van der Waals surface area contributed by atoms with Gasteiger partial charge in [0, 0.05) is 6.54 Å². The third-order valence-electron chi connectivity index (χ3n) is 4.22. The van der Waals surface area contributed by atoms with Crippen LogP contribution in [0.4, 0.5) is 0 Å². The summed E-state index contributed by atoms with van der Waals surface area (Å²) in [5, 5.41) is 15.2. The van der Waals surface area contributed by atoms with Gasteiger partial charge in [-0.15, -0.1) is 0 Å². The van der Waals surface area contributed by atoms with E-state index in [0.717, 1.165) is 32.2 Å². The average molecular weight is 270 g/mol. The number of carbonyl (C=O) groups excluding carboxylic acids is 1. The molecule has 3 N–H and O–H groups in total. The van der Waals surface area contributed by atoms with Gasteiger partial charge in [-0.3, -0.25) is 4.79 Å². The molecule has 0 aromatic carbocycles. The molecular weight excluding hydrogens is 244 g/mol. The van der Waals surface area contributed by atoms with Crippen molar-refractivity contribution in [1.82, 2.24) is 10.6 Å². The van der Waals surface area contributed by atoms with Gasteiger partial charge in [0.2, 0.25) is 5.91 Å². The molecule has 0 aromatic rings. The standard InChI is InChI=1S/C14H26N2O3/c1-4-6-14(7-8-15-9-14)13(19)16-11(12(17)18)10(3)5-2/h10-11,15H,4-9H2,1-3H3,(H,16,19)(H,17,18)/t10-,11-,14?/m0/s1. The molecule has 0 bridgehead atoms. The smallest absolute Gasteiger partial charge is 0.326 e. The number of hydrogen-bond donors (Lipinski definition) is 3. The SMILES string of the molecule is CCCC1(C(=O)N[C@H](C(=O)O)[C@@H](C)CC)CCNC1. The number of aliphatic carboxylic acids is 1. The molecule has 5 nitrogen and oxygen atoms in total. The second kappa shape index (κ2) is 6.89. The largest absolute Gasteiger partial charge is 0.480 e. The van der Waals surface area contributed by atoms with Crippen molar-refractivity contribution in [3.63, 3.8) is 0 Å². The Morgan fingerprint density at radius 2 is 2.11 bits per heavy atom. The van der Waals surface area contributed by atoms with Crippen LogP contribution in [0.5, 0.6) is 0 Å². The van der Waals surface area contributed by atoms with Crippen LogP contribution < -0.4 is 10.6 Å². The molecule has 1 rings (SSSR count). The highest BCUT2D eigenvalue weighted by Gasteiger charge is 2.42. The molecule has 0 spiro atoms. The Bertz CT molecular complexity index is 325. The molecule has 3 atom stereocenters. The Kier molecular flexibility index (Phi) is 5.79. The average Bonchev–Trinajstić information content (AvgIpc) is 2.84. The molecule has 5 heteroatoms. The summed E-state index contributed by atoms with van der Waals surface area (Å²) in [6.45, 7) is 7.33. The topological polar surface area (TPSA) is 78.4 Å². The van der Waals surface area contributed by atoms with Crippen molar-refractivity contribution in [2.75, 3.05) is 13.1 Å². The quantitative estimate of drug-likeness (QED) is 0.653. The van der Waals surface area contributed by atoms with Crippen LogP contribution in [-0.4, -0.2) is 36.1 Å². The molecule has 110 valence electrons. The summed E-state index contributed by atoms with van der Waals surface area (Å²) >= 11 is 0. The highest BCUT2D eigenvalue weighted by atomic mass is 16.4. The summed E-state index contributed by atoms with van der Waals surface area (Å²) in [7, 11) is 0. The number of hydrogen-bond acceptors (Lipinski definition) is 3. The Morgan fingerprint density at radius 1 is 1.42 bits per heavy atom. The van der Waals surface area contributed by atoms with Gasteiger partial charge in [-0.1, -0.05) is 33.6 Å². The lowest BCUT2D eigenvalue weighted by molar-refractivity contribution is -0.145. The minimum absolute atomic E-state index is 0.0607. The molecule has 1 saturated heterocycles. The summed E-state index contributed by atoms with van der Waals surface area (Å²) in [4.78, 5) is 23.8. The van der Waals surface area contributed by atoms with Crippen molar-refractivity contribution >= 4 is 11.9 Å². The Hall–Kier alpha value is -1.10. The van der Waals surface area contributed by atoms with Gasteiger partial charge in [-0.05, 0) is 25.3 Å². The maximum atomic E-state index is 12.5. The van der Waals surface area contributed by atoms with Crippen LogP contribution in [0, 0.1) is 11.3 Å². The van der Waals surface area contributed by atoms with Crippen LogP contribution in [0.2, 0.25) is 0 Å². The monoisotopic (exact) mass is 270 g/mol. The lowest BCUT2D eigenvalue weighted by Gasteiger charge is -2.30. The van der Waals surface area contributed by atoms with Gasteiger partial charge in [0.15, 0.2) is 0 Å². The van der Waals surface area contributed by atoms with E-state index in [-0.39, 0.29) is 11.8 Å². The van der Waals surface area contributed by atoms with Crippen LogP contribution in [0.15, 0.2) is 0 Å².